The van der Waals surface area contributed by atoms with E-state index in [4.69, 9.17) is 9.47 Å². The Morgan fingerprint density at radius 2 is 0.554 bits per heavy atom. The van der Waals surface area contributed by atoms with Crippen LogP contribution in [0.2, 0.25) is 0 Å². The molecule has 0 spiro atoms. The van der Waals surface area contributed by atoms with E-state index in [1.54, 1.807) is 0 Å². The molecule has 0 aromatic heterocycles. The third kappa shape index (κ3) is 45.6. The fraction of sp³-hybridized carbons (Fsp3) is 0.961. The SMILES string of the molecule is CCCCCCCCCCCCCCCCCCCCCCCCC(=O)OC(CO)COC(=O)CCCCCCCCCCCCCCCCCCCCCC. The number of aliphatic hydroxyl groups excluding tert-OH is 1. The van der Waals surface area contributed by atoms with E-state index in [0.29, 0.717) is 12.8 Å². The second-order valence-electron chi connectivity index (χ2n) is 17.6. The molecule has 0 amide bonds. The van der Waals surface area contributed by atoms with Gasteiger partial charge in [0.2, 0.25) is 0 Å². The van der Waals surface area contributed by atoms with Crippen LogP contribution < -0.4 is 0 Å². The summed E-state index contributed by atoms with van der Waals surface area (Å²) in [5, 5.41) is 9.62. The highest BCUT2D eigenvalue weighted by Crippen LogP contribution is 2.17. The summed E-state index contributed by atoms with van der Waals surface area (Å²) in [6.07, 6.45) is 56.3. The van der Waals surface area contributed by atoms with Crippen LogP contribution in [0.5, 0.6) is 0 Å². The average Bonchev–Trinajstić information content (AvgIpc) is 3.20. The van der Waals surface area contributed by atoms with Gasteiger partial charge >= 0.3 is 11.9 Å². The maximum absolute atomic E-state index is 12.3. The monoisotopic (exact) mass is 793 g/mol. The quantitative estimate of drug-likeness (QED) is 0.0491. The molecule has 0 radical (unpaired) electrons. The van der Waals surface area contributed by atoms with Crippen LogP contribution in [0.25, 0.3) is 0 Å². The highest BCUT2D eigenvalue weighted by Gasteiger charge is 2.16. The van der Waals surface area contributed by atoms with Crippen molar-refractivity contribution in [2.75, 3.05) is 13.2 Å². The molecule has 1 unspecified atom stereocenters. The normalized spacial score (nSPS) is 12.0. The van der Waals surface area contributed by atoms with Crippen LogP contribution >= 0.6 is 0 Å². The highest BCUT2D eigenvalue weighted by atomic mass is 16.6. The molecule has 56 heavy (non-hydrogen) atoms. The molecule has 0 aromatic carbocycles. The lowest BCUT2D eigenvalue weighted by Crippen LogP contribution is -2.28. The van der Waals surface area contributed by atoms with Gasteiger partial charge in [0, 0.05) is 12.8 Å². The Bertz CT molecular complexity index is 769. The Balaban J connectivity index is 3.42. The Morgan fingerprint density at radius 3 is 0.786 bits per heavy atom. The smallest absolute Gasteiger partial charge is 0.306 e. The van der Waals surface area contributed by atoms with E-state index >= 15 is 0 Å². The molecule has 0 rings (SSSR count). The minimum absolute atomic E-state index is 0.0559. The third-order valence-electron chi connectivity index (χ3n) is 11.9. The van der Waals surface area contributed by atoms with Gasteiger partial charge in [-0.3, -0.25) is 9.59 Å². The number of rotatable bonds is 48. The van der Waals surface area contributed by atoms with Crippen molar-refractivity contribution in [3.8, 4) is 0 Å². The van der Waals surface area contributed by atoms with Gasteiger partial charge in [-0.05, 0) is 12.8 Å². The lowest BCUT2D eigenvalue weighted by molar-refractivity contribution is -0.161. The van der Waals surface area contributed by atoms with E-state index in [9.17, 15) is 14.7 Å². The molecule has 0 heterocycles. The molecular weight excluding hydrogens is 693 g/mol. The minimum Gasteiger partial charge on any atom is -0.462 e. The number of carbonyl (C=O) groups excluding carboxylic acids is 2. The molecule has 0 aromatic rings. The third-order valence-corrected chi connectivity index (χ3v) is 11.9. The average molecular weight is 793 g/mol. The molecule has 1 N–H and O–H groups in total. The van der Waals surface area contributed by atoms with Crippen LogP contribution in [0.1, 0.15) is 296 Å². The van der Waals surface area contributed by atoms with E-state index < -0.39 is 6.10 Å². The Kier molecular flexibility index (Phi) is 47.3. The summed E-state index contributed by atoms with van der Waals surface area (Å²) >= 11 is 0. The van der Waals surface area contributed by atoms with Crippen molar-refractivity contribution in [2.24, 2.45) is 0 Å². The number of unbranched alkanes of at least 4 members (excludes halogenated alkanes) is 40. The van der Waals surface area contributed by atoms with Crippen molar-refractivity contribution < 1.29 is 24.2 Å². The Morgan fingerprint density at radius 1 is 0.339 bits per heavy atom. The Hall–Kier alpha value is -1.10. The lowest BCUT2D eigenvalue weighted by atomic mass is 10.0. The van der Waals surface area contributed by atoms with Crippen molar-refractivity contribution in [1.82, 2.24) is 0 Å². The molecule has 0 saturated heterocycles. The van der Waals surface area contributed by atoms with Crippen molar-refractivity contribution in [3.05, 3.63) is 0 Å². The second-order valence-corrected chi connectivity index (χ2v) is 17.6. The lowest BCUT2D eigenvalue weighted by Gasteiger charge is -2.15. The Labute approximate surface area is 350 Å². The van der Waals surface area contributed by atoms with Gasteiger partial charge in [0.15, 0.2) is 6.10 Å². The zero-order chi connectivity index (χ0) is 40.7. The summed E-state index contributed by atoms with van der Waals surface area (Å²) in [6.45, 7) is 4.20. The van der Waals surface area contributed by atoms with Crippen LogP contribution in [-0.2, 0) is 19.1 Å². The largest absolute Gasteiger partial charge is 0.462 e. The number of hydrogen-bond acceptors (Lipinski definition) is 5. The van der Waals surface area contributed by atoms with Crippen LogP contribution in [0.4, 0.5) is 0 Å². The van der Waals surface area contributed by atoms with E-state index in [1.807, 2.05) is 0 Å². The molecule has 0 aliphatic carbocycles. The van der Waals surface area contributed by atoms with Crippen molar-refractivity contribution >= 4 is 11.9 Å². The van der Waals surface area contributed by atoms with E-state index in [2.05, 4.69) is 13.8 Å². The molecule has 334 valence electrons. The number of carbonyl (C=O) groups is 2. The zero-order valence-electron chi connectivity index (χ0n) is 38.2. The fourth-order valence-corrected chi connectivity index (χ4v) is 8.03. The second kappa shape index (κ2) is 48.3. The van der Waals surface area contributed by atoms with Gasteiger partial charge in [0.1, 0.15) is 6.61 Å². The van der Waals surface area contributed by atoms with Gasteiger partial charge in [0.25, 0.3) is 0 Å². The molecule has 0 aliphatic rings. The standard InChI is InChI=1S/C51H100O5/c1-3-5-7-9-11-13-15-17-19-21-23-25-26-28-30-32-34-36-38-40-42-44-46-51(54)56-49(47-52)48-55-50(53)45-43-41-39-37-35-33-31-29-27-24-22-20-18-16-14-12-10-8-6-4-2/h49,52H,3-48H2,1-2H3. The van der Waals surface area contributed by atoms with Gasteiger partial charge in [-0.2, -0.15) is 0 Å². The summed E-state index contributed by atoms with van der Waals surface area (Å²) in [6, 6.07) is 0. The van der Waals surface area contributed by atoms with Crippen LogP contribution in [0.3, 0.4) is 0 Å². The van der Waals surface area contributed by atoms with Gasteiger partial charge in [-0.1, -0.05) is 271 Å². The first kappa shape index (κ1) is 54.9. The predicted molar refractivity (Wildman–Crippen MR) is 242 cm³/mol. The van der Waals surface area contributed by atoms with Crippen molar-refractivity contribution in [2.45, 2.75) is 302 Å². The molecule has 0 fully saturated rings. The molecule has 0 saturated carbocycles. The zero-order valence-corrected chi connectivity index (χ0v) is 38.2. The molecule has 1 atom stereocenters. The number of ether oxygens (including phenoxy) is 2. The number of hydrogen-bond donors (Lipinski definition) is 1. The van der Waals surface area contributed by atoms with Gasteiger partial charge < -0.3 is 14.6 Å². The molecule has 0 bridgehead atoms. The maximum Gasteiger partial charge on any atom is 0.306 e. The van der Waals surface area contributed by atoms with E-state index in [-0.39, 0.29) is 25.2 Å². The molecule has 0 aliphatic heterocycles. The summed E-state index contributed by atoms with van der Waals surface area (Å²) in [5.74, 6) is -0.566. The number of esters is 2. The van der Waals surface area contributed by atoms with Gasteiger partial charge in [0.05, 0.1) is 6.61 Å². The van der Waals surface area contributed by atoms with Crippen LogP contribution in [0.15, 0.2) is 0 Å². The first-order valence-corrected chi connectivity index (χ1v) is 25.6. The summed E-state index contributed by atoms with van der Waals surface area (Å²) < 4.78 is 10.7. The van der Waals surface area contributed by atoms with Crippen molar-refractivity contribution in [1.29, 1.82) is 0 Å². The predicted octanol–water partition coefficient (Wildman–Crippen LogP) is 16.6. The van der Waals surface area contributed by atoms with E-state index in [0.717, 1.165) is 32.1 Å². The highest BCUT2D eigenvalue weighted by molar-refractivity contribution is 5.70. The summed E-state index contributed by atoms with van der Waals surface area (Å²) in [4.78, 5) is 24.4. The van der Waals surface area contributed by atoms with Crippen molar-refractivity contribution in [3.63, 3.8) is 0 Å². The van der Waals surface area contributed by atoms with Crippen LogP contribution in [0, 0.1) is 0 Å². The first-order chi connectivity index (χ1) is 27.6. The van der Waals surface area contributed by atoms with E-state index in [1.165, 1.54) is 238 Å². The van der Waals surface area contributed by atoms with Crippen LogP contribution in [-0.4, -0.2) is 36.4 Å². The molecule has 5 heteroatoms. The summed E-state index contributed by atoms with van der Waals surface area (Å²) in [5.41, 5.74) is 0. The maximum atomic E-state index is 12.3. The van der Waals surface area contributed by atoms with Gasteiger partial charge in [-0.25, -0.2) is 0 Å². The molecule has 5 nitrogen and oxygen atoms in total. The summed E-state index contributed by atoms with van der Waals surface area (Å²) in [7, 11) is 0. The number of aliphatic hydroxyl groups is 1. The first-order valence-electron chi connectivity index (χ1n) is 25.6. The topological polar surface area (TPSA) is 72.8 Å². The minimum atomic E-state index is -0.763. The van der Waals surface area contributed by atoms with Gasteiger partial charge in [-0.15, -0.1) is 0 Å². The fourth-order valence-electron chi connectivity index (χ4n) is 8.03. The molecular formula is C51H100O5.